The zero-order chi connectivity index (χ0) is 54.3. The molecule has 0 saturated carbocycles. The van der Waals surface area contributed by atoms with Crippen LogP contribution in [0.3, 0.4) is 0 Å². The molecular weight excluding hydrogens is 940 g/mol. The molecule has 0 aliphatic carbocycles. The molecule has 0 heterocycles. The number of amides is 1. The largest absolute Gasteiger partial charge is 0.756 e. The van der Waals surface area contributed by atoms with Crippen LogP contribution >= 0.6 is 7.82 Å². The molecule has 0 aromatic heterocycles. The lowest BCUT2D eigenvalue weighted by atomic mass is 10.0. The molecule has 0 radical (unpaired) electrons. The normalized spacial score (nSPS) is 14.0. The third-order valence-corrected chi connectivity index (χ3v) is 15.0. The van der Waals surface area contributed by atoms with E-state index in [4.69, 9.17) is 13.8 Å². The number of rotatable bonds is 57. The summed E-state index contributed by atoms with van der Waals surface area (Å²) in [6.07, 6.45) is 66.8. The molecule has 0 aliphatic rings. The topological polar surface area (TPSA) is 114 Å². The Morgan fingerprint density at radius 3 is 1.26 bits per heavy atom. The van der Waals surface area contributed by atoms with E-state index in [0.29, 0.717) is 17.4 Å². The molecule has 74 heavy (non-hydrogen) atoms. The van der Waals surface area contributed by atoms with Gasteiger partial charge in [0.1, 0.15) is 19.3 Å². The Bertz CT molecular complexity index is 1410. The number of ether oxygens (including phenoxy) is 1. The predicted octanol–water partition coefficient (Wildman–Crippen LogP) is 18.6. The molecule has 0 spiro atoms. The van der Waals surface area contributed by atoms with Gasteiger partial charge in [0.05, 0.1) is 33.8 Å². The van der Waals surface area contributed by atoms with Gasteiger partial charge >= 0.3 is 5.97 Å². The van der Waals surface area contributed by atoms with Gasteiger partial charge in [0.15, 0.2) is 0 Å². The van der Waals surface area contributed by atoms with E-state index in [2.05, 4.69) is 56.5 Å². The maximum absolute atomic E-state index is 13.5. The molecule has 0 bridgehead atoms. The second kappa shape index (κ2) is 54.3. The van der Waals surface area contributed by atoms with Crippen molar-refractivity contribution in [3.8, 4) is 0 Å². The molecule has 0 aliphatic heterocycles. The van der Waals surface area contributed by atoms with Gasteiger partial charge in [0.2, 0.25) is 5.91 Å². The fraction of sp³-hybridized carbons (Fsp3) is 0.844. The van der Waals surface area contributed by atoms with E-state index in [0.717, 1.165) is 51.4 Å². The number of carbonyl (C=O) groups excluding carboxylic acids is 2. The Hall–Kier alpha value is -2.03. The van der Waals surface area contributed by atoms with Gasteiger partial charge in [-0.05, 0) is 76.7 Å². The van der Waals surface area contributed by atoms with Crippen LogP contribution in [0.1, 0.15) is 297 Å². The van der Waals surface area contributed by atoms with Crippen LogP contribution < -0.4 is 10.2 Å². The summed E-state index contributed by atoms with van der Waals surface area (Å²) in [5.74, 6) is -0.611. The lowest BCUT2D eigenvalue weighted by Gasteiger charge is -2.30. The first kappa shape index (κ1) is 72.0. The van der Waals surface area contributed by atoms with E-state index < -0.39 is 26.6 Å². The zero-order valence-electron chi connectivity index (χ0n) is 49.6. The molecule has 3 atom stereocenters. The number of phosphoric acid groups is 1. The molecule has 0 aromatic rings. The van der Waals surface area contributed by atoms with Crippen LogP contribution in [0.25, 0.3) is 0 Å². The van der Waals surface area contributed by atoms with Crippen molar-refractivity contribution in [3.05, 3.63) is 48.6 Å². The minimum Gasteiger partial charge on any atom is -0.756 e. The number of unbranched alkanes of at least 4 members (excludes halogenated alkanes) is 35. The van der Waals surface area contributed by atoms with E-state index >= 15 is 0 Å². The van der Waals surface area contributed by atoms with Crippen molar-refractivity contribution in [2.75, 3.05) is 40.9 Å². The van der Waals surface area contributed by atoms with Crippen LogP contribution in [-0.2, 0) is 27.9 Å². The number of quaternary nitrogens is 1. The molecule has 434 valence electrons. The summed E-state index contributed by atoms with van der Waals surface area (Å²) in [6.45, 7) is 6.80. The first-order valence-corrected chi connectivity index (χ1v) is 32.9. The molecule has 3 unspecified atom stereocenters. The Morgan fingerprint density at radius 2 is 0.838 bits per heavy atom. The highest BCUT2D eigenvalue weighted by Gasteiger charge is 2.27. The summed E-state index contributed by atoms with van der Waals surface area (Å²) in [6, 6.07) is -0.916. The number of carbonyl (C=O) groups is 2. The minimum atomic E-state index is -4.71. The van der Waals surface area contributed by atoms with Gasteiger partial charge in [-0.3, -0.25) is 14.2 Å². The number of hydrogen-bond acceptors (Lipinski definition) is 7. The minimum absolute atomic E-state index is 0.0307. The number of likely N-dealkylation sites (N-methyl/N-ethyl adjacent to an activating group) is 1. The quantitative estimate of drug-likeness (QED) is 0.0212. The average Bonchev–Trinajstić information content (AvgIpc) is 3.36. The van der Waals surface area contributed by atoms with Crippen molar-refractivity contribution < 1.29 is 37.3 Å². The van der Waals surface area contributed by atoms with Crippen LogP contribution in [0.5, 0.6) is 0 Å². The van der Waals surface area contributed by atoms with Crippen molar-refractivity contribution in [2.45, 2.75) is 309 Å². The van der Waals surface area contributed by atoms with Crippen molar-refractivity contribution >= 4 is 19.7 Å². The van der Waals surface area contributed by atoms with Gasteiger partial charge in [-0.2, -0.15) is 0 Å². The summed E-state index contributed by atoms with van der Waals surface area (Å²) in [5, 5.41) is 2.99. The molecule has 9 nitrogen and oxygen atoms in total. The monoisotopic (exact) mass is 1060 g/mol. The van der Waals surface area contributed by atoms with E-state index in [-0.39, 0.29) is 31.3 Å². The Labute approximate surface area is 458 Å². The zero-order valence-corrected chi connectivity index (χ0v) is 50.4. The highest BCUT2D eigenvalue weighted by Crippen LogP contribution is 2.38. The molecule has 0 aromatic carbocycles. The number of allylic oxidation sites excluding steroid dienone is 7. The summed E-state index contributed by atoms with van der Waals surface area (Å²) in [5.41, 5.74) is 0. The van der Waals surface area contributed by atoms with Gasteiger partial charge in [-0.25, -0.2) is 0 Å². The number of hydrogen-bond donors (Lipinski definition) is 1. The summed E-state index contributed by atoms with van der Waals surface area (Å²) >= 11 is 0. The van der Waals surface area contributed by atoms with E-state index in [1.165, 1.54) is 205 Å². The van der Waals surface area contributed by atoms with Crippen molar-refractivity contribution in [2.24, 2.45) is 0 Å². The molecule has 1 amide bonds. The van der Waals surface area contributed by atoms with Crippen molar-refractivity contribution in [1.29, 1.82) is 0 Å². The van der Waals surface area contributed by atoms with Gasteiger partial charge in [-0.15, -0.1) is 0 Å². The van der Waals surface area contributed by atoms with Gasteiger partial charge < -0.3 is 28.5 Å². The van der Waals surface area contributed by atoms with Crippen molar-refractivity contribution in [3.63, 3.8) is 0 Å². The van der Waals surface area contributed by atoms with Gasteiger partial charge in [-0.1, -0.05) is 256 Å². The summed E-state index contributed by atoms with van der Waals surface area (Å²) in [4.78, 5) is 39.9. The van der Waals surface area contributed by atoms with E-state index in [1.807, 2.05) is 39.4 Å². The SMILES string of the molecule is CCCCCCCC/C=C\C/C=C/CCC(=O)NC(COP(=O)([O-])OCC[N+](C)(C)C)C(/C=C\CCCCCCCCCCCC)OC(=O)CCCCCCCCCCCCCCC/C=C/CCCCCCCC. The Balaban J connectivity index is 5.18. The second-order valence-corrected chi connectivity index (χ2v) is 24.0. The van der Waals surface area contributed by atoms with E-state index in [9.17, 15) is 19.0 Å². The fourth-order valence-electron chi connectivity index (χ4n) is 9.10. The highest BCUT2D eigenvalue weighted by atomic mass is 31.2. The first-order chi connectivity index (χ1) is 35.9. The highest BCUT2D eigenvalue weighted by molar-refractivity contribution is 7.45. The van der Waals surface area contributed by atoms with E-state index in [1.54, 1.807) is 0 Å². The molecule has 10 heteroatoms. The van der Waals surface area contributed by atoms with Crippen LogP contribution in [-0.4, -0.2) is 69.4 Å². The van der Waals surface area contributed by atoms with Crippen LogP contribution in [0.4, 0.5) is 0 Å². The van der Waals surface area contributed by atoms with Gasteiger partial charge in [0, 0.05) is 12.8 Å². The standard InChI is InChI=1S/C64H121N2O7P/c1-7-10-13-16-19-22-25-28-29-30-31-32-33-34-35-36-37-39-42-45-48-51-54-57-64(68)73-62(55-52-49-46-43-40-27-24-21-18-15-12-9-3)61(60-72-74(69,70)71-59-58-66(4,5)6)65-63(67)56-53-50-47-44-41-38-26-23-20-17-14-11-8-2/h28-29,38,41,47,50,52,55,61-62H,7-27,30-37,39-40,42-46,48-49,51,53-54,56-60H2,1-6H3,(H-,65,67,69,70)/b29-28+,41-38-,50-47+,55-52-. The number of phosphoric ester groups is 1. The summed E-state index contributed by atoms with van der Waals surface area (Å²) in [7, 11) is 1.16. The first-order valence-electron chi connectivity index (χ1n) is 31.4. The van der Waals surface area contributed by atoms with Crippen molar-refractivity contribution in [1.82, 2.24) is 5.32 Å². The van der Waals surface area contributed by atoms with Gasteiger partial charge in [0.25, 0.3) is 7.82 Å². The maximum Gasteiger partial charge on any atom is 0.306 e. The number of nitrogens with zero attached hydrogens (tertiary/aromatic N) is 1. The molecule has 0 rings (SSSR count). The van der Waals surface area contributed by atoms with Crippen LogP contribution in [0.15, 0.2) is 48.6 Å². The number of esters is 1. The second-order valence-electron chi connectivity index (χ2n) is 22.6. The maximum atomic E-state index is 13.5. The molecule has 0 fully saturated rings. The average molecular weight is 1060 g/mol. The predicted molar refractivity (Wildman–Crippen MR) is 316 cm³/mol. The Morgan fingerprint density at radius 1 is 0.473 bits per heavy atom. The lowest BCUT2D eigenvalue weighted by molar-refractivity contribution is -0.870. The number of nitrogens with one attached hydrogen (secondary N) is 1. The lowest BCUT2D eigenvalue weighted by Crippen LogP contribution is -2.47. The molecule has 0 saturated heterocycles. The van der Waals surface area contributed by atoms with Crippen LogP contribution in [0.2, 0.25) is 0 Å². The molecule has 1 N–H and O–H groups in total. The molecular formula is C64H121N2O7P. The Kier molecular flexibility index (Phi) is 52.8. The van der Waals surface area contributed by atoms with Crippen LogP contribution in [0, 0.1) is 0 Å². The third-order valence-electron chi connectivity index (χ3n) is 14.0. The fourth-order valence-corrected chi connectivity index (χ4v) is 9.82. The smallest absolute Gasteiger partial charge is 0.306 e. The third kappa shape index (κ3) is 54.7. The summed E-state index contributed by atoms with van der Waals surface area (Å²) < 4.78 is 30.2.